The Labute approximate surface area is 201 Å². The minimum Gasteiger partial charge on any atom is -0.493 e. The molecule has 1 heterocycles. The van der Waals surface area contributed by atoms with Gasteiger partial charge in [0, 0.05) is 38.3 Å². The molecular formula is C28H33N3O3. The molecule has 0 unspecified atom stereocenters. The molecule has 1 fully saturated rings. The Morgan fingerprint density at radius 2 is 1.68 bits per heavy atom. The van der Waals surface area contributed by atoms with Crippen LogP contribution in [0, 0.1) is 0 Å². The molecule has 4 rings (SSSR count). The van der Waals surface area contributed by atoms with Crippen molar-refractivity contribution in [3.8, 4) is 22.6 Å². The fraction of sp³-hybridized carbons (Fsp3) is 0.321. The van der Waals surface area contributed by atoms with Crippen molar-refractivity contribution in [3.63, 3.8) is 0 Å². The Morgan fingerprint density at radius 1 is 0.941 bits per heavy atom. The van der Waals surface area contributed by atoms with Crippen molar-refractivity contribution in [1.82, 2.24) is 15.5 Å². The topological polar surface area (TPSA) is 62.8 Å². The Morgan fingerprint density at radius 3 is 2.35 bits per heavy atom. The lowest BCUT2D eigenvalue weighted by atomic mass is 10.0. The number of nitrogens with zero attached hydrogens (tertiary/aromatic N) is 1. The van der Waals surface area contributed by atoms with Crippen LogP contribution in [-0.2, 0) is 17.9 Å². The normalized spacial score (nSPS) is 18.0. The van der Waals surface area contributed by atoms with E-state index in [2.05, 4.69) is 64.1 Å². The summed E-state index contributed by atoms with van der Waals surface area (Å²) in [4.78, 5) is 14.9. The average Bonchev–Trinajstić information content (AvgIpc) is 3.30. The van der Waals surface area contributed by atoms with Gasteiger partial charge in [-0.15, -0.1) is 0 Å². The molecule has 0 bridgehead atoms. The van der Waals surface area contributed by atoms with Crippen molar-refractivity contribution in [3.05, 3.63) is 83.9 Å². The number of likely N-dealkylation sites (N-methyl/N-ethyl adjacent to an activating group) is 1. The van der Waals surface area contributed by atoms with Crippen molar-refractivity contribution in [1.29, 1.82) is 0 Å². The van der Waals surface area contributed by atoms with E-state index in [-0.39, 0.29) is 18.0 Å². The number of carbonyl (C=O) groups excluding carboxylic acids is 1. The molecule has 0 saturated carbocycles. The zero-order chi connectivity index (χ0) is 23.9. The van der Waals surface area contributed by atoms with Gasteiger partial charge in [0.15, 0.2) is 11.5 Å². The summed E-state index contributed by atoms with van der Waals surface area (Å²) >= 11 is 0. The van der Waals surface area contributed by atoms with Crippen molar-refractivity contribution in [2.24, 2.45) is 0 Å². The molecule has 3 aromatic carbocycles. The third-order valence-electron chi connectivity index (χ3n) is 6.47. The van der Waals surface area contributed by atoms with E-state index in [1.54, 1.807) is 21.3 Å². The van der Waals surface area contributed by atoms with E-state index in [0.717, 1.165) is 30.8 Å². The van der Waals surface area contributed by atoms with Gasteiger partial charge in [0.1, 0.15) is 0 Å². The standard InChI is InChI=1S/C28H33N3O3/c1-29-28(32)25-16-24(19-31(25)18-23-10-7-11-26(33-2)27(23)34-3)30-17-20-12-14-22(15-13-20)21-8-5-4-6-9-21/h4-15,24-25,30H,16-19H2,1-3H3,(H,29,32)/t24-,25-/m0/s1. The molecule has 3 aromatic rings. The molecule has 1 aliphatic heterocycles. The molecule has 0 radical (unpaired) electrons. The summed E-state index contributed by atoms with van der Waals surface area (Å²) < 4.78 is 11.1. The van der Waals surface area contributed by atoms with Crippen molar-refractivity contribution < 1.29 is 14.3 Å². The number of methoxy groups -OCH3 is 2. The van der Waals surface area contributed by atoms with E-state index in [1.807, 2.05) is 24.3 Å². The van der Waals surface area contributed by atoms with Gasteiger partial charge >= 0.3 is 0 Å². The molecular weight excluding hydrogens is 426 g/mol. The first kappa shape index (κ1) is 23.8. The monoisotopic (exact) mass is 459 g/mol. The van der Waals surface area contributed by atoms with E-state index >= 15 is 0 Å². The van der Waals surface area contributed by atoms with Crippen LogP contribution in [0.25, 0.3) is 11.1 Å². The second-order valence-corrected chi connectivity index (χ2v) is 8.59. The highest BCUT2D eigenvalue weighted by atomic mass is 16.5. The fourth-order valence-electron chi connectivity index (χ4n) is 4.67. The van der Waals surface area contributed by atoms with Gasteiger partial charge in [-0.3, -0.25) is 9.69 Å². The predicted octanol–water partition coefficient (Wildman–Crippen LogP) is 3.85. The van der Waals surface area contributed by atoms with Crippen molar-refractivity contribution in [2.75, 3.05) is 27.8 Å². The van der Waals surface area contributed by atoms with E-state index < -0.39 is 0 Å². The molecule has 2 atom stereocenters. The van der Waals surface area contributed by atoms with Crippen molar-refractivity contribution in [2.45, 2.75) is 31.6 Å². The van der Waals surface area contributed by atoms with Gasteiger partial charge in [0.05, 0.1) is 20.3 Å². The SMILES string of the molecule is CNC(=O)[C@@H]1C[C@H](NCc2ccc(-c3ccccc3)cc2)CN1Cc1cccc(OC)c1OC. The molecule has 178 valence electrons. The van der Waals surface area contributed by atoms with Crippen LogP contribution in [0.3, 0.4) is 0 Å². The first-order chi connectivity index (χ1) is 16.6. The highest BCUT2D eigenvalue weighted by Crippen LogP contribution is 2.33. The molecule has 2 N–H and O–H groups in total. The lowest BCUT2D eigenvalue weighted by Crippen LogP contribution is -2.41. The lowest BCUT2D eigenvalue weighted by molar-refractivity contribution is -0.125. The molecule has 1 amide bonds. The Balaban J connectivity index is 1.42. The molecule has 6 nitrogen and oxygen atoms in total. The van der Waals surface area contributed by atoms with Crippen LogP contribution in [0.15, 0.2) is 72.8 Å². The fourth-order valence-corrected chi connectivity index (χ4v) is 4.67. The summed E-state index contributed by atoms with van der Waals surface area (Å²) in [5.74, 6) is 1.46. The van der Waals surface area contributed by atoms with Crippen LogP contribution < -0.4 is 20.1 Å². The number of nitrogens with one attached hydrogen (secondary N) is 2. The zero-order valence-corrected chi connectivity index (χ0v) is 20.1. The highest BCUT2D eigenvalue weighted by Gasteiger charge is 2.36. The van der Waals surface area contributed by atoms with Gasteiger partial charge < -0.3 is 20.1 Å². The number of carbonyl (C=O) groups is 1. The van der Waals surface area contributed by atoms with E-state index in [1.165, 1.54) is 16.7 Å². The smallest absolute Gasteiger partial charge is 0.237 e. The highest BCUT2D eigenvalue weighted by molar-refractivity contribution is 5.82. The molecule has 1 aliphatic rings. The Bertz CT molecular complexity index is 1090. The lowest BCUT2D eigenvalue weighted by Gasteiger charge is -2.24. The molecule has 1 saturated heterocycles. The Kier molecular flexibility index (Phi) is 7.83. The number of rotatable bonds is 9. The van der Waals surface area contributed by atoms with Crippen LogP contribution in [0.2, 0.25) is 0 Å². The van der Waals surface area contributed by atoms with Crippen LogP contribution in [0.1, 0.15) is 17.5 Å². The molecule has 0 aliphatic carbocycles. The van der Waals surface area contributed by atoms with E-state index in [4.69, 9.17) is 9.47 Å². The number of hydrogen-bond acceptors (Lipinski definition) is 5. The number of ether oxygens (including phenoxy) is 2. The molecule has 34 heavy (non-hydrogen) atoms. The summed E-state index contributed by atoms with van der Waals surface area (Å²) in [6, 6.07) is 24.9. The number of amides is 1. The van der Waals surface area contributed by atoms with Gasteiger partial charge in [-0.25, -0.2) is 0 Å². The van der Waals surface area contributed by atoms with Gasteiger partial charge in [0.2, 0.25) is 5.91 Å². The number of para-hydroxylation sites is 1. The predicted molar refractivity (Wildman–Crippen MR) is 135 cm³/mol. The summed E-state index contributed by atoms with van der Waals surface area (Å²) in [5, 5.41) is 6.48. The largest absolute Gasteiger partial charge is 0.493 e. The maximum atomic E-state index is 12.6. The zero-order valence-electron chi connectivity index (χ0n) is 20.1. The minimum absolute atomic E-state index is 0.0402. The average molecular weight is 460 g/mol. The third-order valence-corrected chi connectivity index (χ3v) is 6.47. The first-order valence-corrected chi connectivity index (χ1v) is 11.7. The third kappa shape index (κ3) is 5.41. The van der Waals surface area contributed by atoms with Crippen LogP contribution >= 0.6 is 0 Å². The number of benzene rings is 3. The summed E-state index contributed by atoms with van der Waals surface area (Å²) in [7, 11) is 4.98. The molecule has 0 spiro atoms. The van der Waals surface area contributed by atoms with Crippen LogP contribution in [0.5, 0.6) is 11.5 Å². The molecule has 6 heteroatoms. The maximum Gasteiger partial charge on any atom is 0.237 e. The van der Waals surface area contributed by atoms with Gasteiger partial charge in [0.25, 0.3) is 0 Å². The quantitative estimate of drug-likeness (QED) is 0.509. The second kappa shape index (κ2) is 11.2. The first-order valence-electron chi connectivity index (χ1n) is 11.7. The van der Waals surface area contributed by atoms with Crippen molar-refractivity contribution >= 4 is 5.91 Å². The second-order valence-electron chi connectivity index (χ2n) is 8.59. The van der Waals surface area contributed by atoms with Crippen LogP contribution in [-0.4, -0.2) is 50.7 Å². The number of hydrogen-bond donors (Lipinski definition) is 2. The van der Waals surface area contributed by atoms with E-state index in [0.29, 0.717) is 12.3 Å². The maximum absolute atomic E-state index is 12.6. The van der Waals surface area contributed by atoms with Gasteiger partial charge in [-0.05, 0) is 29.2 Å². The summed E-state index contributed by atoms with van der Waals surface area (Å²) in [5.41, 5.74) is 4.66. The van der Waals surface area contributed by atoms with E-state index in [9.17, 15) is 4.79 Å². The Hall–Kier alpha value is -3.35. The van der Waals surface area contributed by atoms with Crippen LogP contribution in [0.4, 0.5) is 0 Å². The summed E-state index contributed by atoms with van der Waals surface area (Å²) in [6.45, 7) is 2.15. The van der Waals surface area contributed by atoms with Gasteiger partial charge in [-0.2, -0.15) is 0 Å². The van der Waals surface area contributed by atoms with Gasteiger partial charge in [-0.1, -0.05) is 66.7 Å². The molecule has 0 aromatic heterocycles. The summed E-state index contributed by atoms with van der Waals surface area (Å²) in [6.07, 6.45) is 0.758. The number of likely N-dealkylation sites (tertiary alicyclic amines) is 1. The minimum atomic E-state index is -0.195.